The summed E-state index contributed by atoms with van der Waals surface area (Å²) in [6.45, 7) is -0.508. The van der Waals surface area contributed by atoms with Crippen LogP contribution >= 0.6 is 0 Å². The van der Waals surface area contributed by atoms with Crippen LogP contribution in [0.3, 0.4) is 0 Å². The van der Waals surface area contributed by atoms with Gasteiger partial charge >= 0.3 is 5.97 Å². The van der Waals surface area contributed by atoms with Crippen molar-refractivity contribution in [2.24, 2.45) is 0 Å². The molecule has 2 heterocycles. The molecule has 0 aromatic heterocycles. The number of Topliss-reactive ketones (excluding diaryl/α,β-unsaturated/α-hetero) is 1. The van der Waals surface area contributed by atoms with Crippen molar-refractivity contribution in [2.45, 2.75) is 43.2 Å². The number of carbonyl (C=O) groups is 2. The number of hydrogen-bond donors (Lipinski definition) is 6. The highest BCUT2D eigenvalue weighted by atomic mass is 16.7. The molecule has 0 unspecified atom stereocenters. The van der Waals surface area contributed by atoms with Crippen LogP contribution in [0, 0.1) is 0 Å². The molecule has 0 spiro atoms. The van der Waals surface area contributed by atoms with E-state index in [0.717, 1.165) is 6.08 Å². The van der Waals surface area contributed by atoms with Crippen LogP contribution in [0.4, 0.5) is 0 Å². The van der Waals surface area contributed by atoms with Crippen molar-refractivity contribution in [2.75, 3.05) is 6.61 Å². The van der Waals surface area contributed by atoms with Gasteiger partial charge in [0.05, 0.1) is 12.0 Å². The molecule has 1 saturated heterocycles. The minimum absolute atomic E-state index is 0.00349. The van der Waals surface area contributed by atoms with Crippen LogP contribution in [-0.4, -0.2) is 79.7 Å². The first-order valence-corrected chi connectivity index (χ1v) is 13.0. The van der Waals surface area contributed by atoms with Crippen LogP contribution in [0.15, 0.2) is 66.7 Å². The fraction of sp³-hybridized carbons (Fsp3) is 0.267. The second-order valence-corrected chi connectivity index (χ2v) is 9.80. The lowest BCUT2D eigenvalue weighted by Gasteiger charge is -2.40. The van der Waals surface area contributed by atoms with Gasteiger partial charge in [-0.25, -0.2) is 4.79 Å². The van der Waals surface area contributed by atoms with E-state index in [-0.39, 0.29) is 40.8 Å². The maximum Gasteiger partial charge on any atom is 0.330 e. The summed E-state index contributed by atoms with van der Waals surface area (Å²) in [4.78, 5) is 24.9. The highest BCUT2D eigenvalue weighted by Gasteiger charge is 2.46. The molecule has 3 aromatic carbocycles. The summed E-state index contributed by atoms with van der Waals surface area (Å²) < 4.78 is 22.2. The lowest BCUT2D eigenvalue weighted by atomic mass is 9.95. The number of aliphatic hydroxyl groups is 3. The number of rotatable bonds is 7. The van der Waals surface area contributed by atoms with Crippen molar-refractivity contribution in [3.8, 4) is 28.7 Å². The second kappa shape index (κ2) is 12.1. The molecule has 5 rings (SSSR count). The number of aliphatic hydroxyl groups excluding tert-OH is 3. The van der Waals surface area contributed by atoms with Gasteiger partial charge in [0.1, 0.15) is 48.6 Å². The highest BCUT2D eigenvalue weighted by molar-refractivity contribution is 6.01. The van der Waals surface area contributed by atoms with Crippen LogP contribution in [0.1, 0.15) is 34.0 Å². The number of carbonyl (C=O) groups excluding carboxylic acids is 2. The van der Waals surface area contributed by atoms with E-state index in [1.165, 1.54) is 42.5 Å². The van der Waals surface area contributed by atoms with Gasteiger partial charge in [0.25, 0.3) is 0 Å². The Morgan fingerprint density at radius 1 is 0.881 bits per heavy atom. The van der Waals surface area contributed by atoms with E-state index in [1.54, 1.807) is 24.3 Å². The van der Waals surface area contributed by atoms with Gasteiger partial charge in [0, 0.05) is 6.08 Å². The number of ketones is 1. The Kier molecular flexibility index (Phi) is 8.31. The van der Waals surface area contributed by atoms with Gasteiger partial charge in [0.15, 0.2) is 17.3 Å². The van der Waals surface area contributed by atoms with Gasteiger partial charge < -0.3 is 49.6 Å². The first-order valence-electron chi connectivity index (χ1n) is 13.0. The van der Waals surface area contributed by atoms with E-state index < -0.39 is 55.1 Å². The molecule has 12 heteroatoms. The molecule has 6 N–H and O–H groups in total. The third kappa shape index (κ3) is 6.16. The summed E-state index contributed by atoms with van der Waals surface area (Å²) in [6.07, 6.45) is -6.26. The zero-order valence-electron chi connectivity index (χ0n) is 21.9. The highest BCUT2D eigenvalue weighted by Crippen LogP contribution is 2.46. The zero-order chi connectivity index (χ0) is 30.0. The number of aromatic hydroxyl groups is 3. The average Bonchev–Trinajstić information content (AvgIpc) is 2.98. The molecule has 3 aromatic rings. The molecule has 0 amide bonds. The SMILES string of the molecule is O=C(C=Cc1ccc(O)cc1)OC[C@@H]1O[C@@H](Oc2ccc3c(c2O)O[C@H](c2ccc(O)cc2)CC3=O)[C@@H](O)[C@@H](O)[C@H]1O. The summed E-state index contributed by atoms with van der Waals surface area (Å²) in [5, 5.41) is 61.1. The maximum atomic E-state index is 12.8. The summed E-state index contributed by atoms with van der Waals surface area (Å²) >= 11 is 0. The van der Waals surface area contributed by atoms with Crippen LogP contribution in [0.2, 0.25) is 0 Å². The van der Waals surface area contributed by atoms with E-state index in [2.05, 4.69) is 0 Å². The third-order valence-electron chi connectivity index (χ3n) is 6.90. The molecule has 0 saturated carbocycles. The smallest absolute Gasteiger partial charge is 0.330 e. The van der Waals surface area contributed by atoms with Crippen molar-refractivity contribution < 1.29 is 59.2 Å². The Morgan fingerprint density at radius 3 is 2.24 bits per heavy atom. The minimum Gasteiger partial charge on any atom is -0.508 e. The molecule has 0 bridgehead atoms. The number of fused-ring (bicyclic) bond motifs is 1. The average molecular weight is 581 g/mol. The number of phenolic OH excluding ortho intramolecular Hbond substituents is 3. The topological polar surface area (TPSA) is 192 Å². The number of phenols is 3. The minimum atomic E-state index is -1.76. The third-order valence-corrected chi connectivity index (χ3v) is 6.90. The number of hydrogen-bond acceptors (Lipinski definition) is 12. The fourth-order valence-corrected chi connectivity index (χ4v) is 4.56. The first-order chi connectivity index (χ1) is 20.1. The van der Waals surface area contributed by atoms with E-state index in [9.17, 15) is 40.2 Å². The predicted octanol–water partition coefficient (Wildman–Crippen LogP) is 1.95. The monoisotopic (exact) mass is 580 g/mol. The molecule has 2 aliphatic heterocycles. The Bertz CT molecular complexity index is 1470. The molecule has 220 valence electrons. The van der Waals surface area contributed by atoms with Crippen LogP contribution in [0.25, 0.3) is 6.08 Å². The van der Waals surface area contributed by atoms with E-state index in [4.69, 9.17) is 18.9 Å². The van der Waals surface area contributed by atoms with Crippen molar-refractivity contribution in [1.29, 1.82) is 0 Å². The maximum absolute atomic E-state index is 12.8. The van der Waals surface area contributed by atoms with Crippen LogP contribution in [-0.2, 0) is 14.3 Å². The van der Waals surface area contributed by atoms with Gasteiger partial charge in [-0.3, -0.25) is 4.79 Å². The fourth-order valence-electron chi connectivity index (χ4n) is 4.56. The van der Waals surface area contributed by atoms with Gasteiger partial charge in [-0.1, -0.05) is 24.3 Å². The number of esters is 1. The van der Waals surface area contributed by atoms with Gasteiger partial charge in [-0.2, -0.15) is 0 Å². The summed E-state index contributed by atoms with van der Waals surface area (Å²) in [5.74, 6) is -1.93. The Labute approximate surface area is 239 Å². The van der Waals surface area contributed by atoms with Gasteiger partial charge in [-0.15, -0.1) is 0 Å². The van der Waals surface area contributed by atoms with Crippen LogP contribution < -0.4 is 9.47 Å². The normalized spacial score (nSPS) is 25.5. The molecule has 12 nitrogen and oxygen atoms in total. The van der Waals surface area contributed by atoms with Crippen molar-refractivity contribution in [3.05, 3.63) is 83.4 Å². The second-order valence-electron chi connectivity index (χ2n) is 9.80. The predicted molar refractivity (Wildman–Crippen MR) is 144 cm³/mol. The first kappa shape index (κ1) is 28.9. The lowest BCUT2D eigenvalue weighted by molar-refractivity contribution is -0.278. The summed E-state index contributed by atoms with van der Waals surface area (Å²) in [6, 6.07) is 14.8. The molecule has 6 atom stereocenters. The largest absolute Gasteiger partial charge is 0.508 e. The van der Waals surface area contributed by atoms with Crippen molar-refractivity contribution in [3.63, 3.8) is 0 Å². The Balaban J connectivity index is 1.27. The number of ether oxygens (including phenoxy) is 4. The van der Waals surface area contributed by atoms with E-state index in [1.807, 2.05) is 0 Å². The Morgan fingerprint density at radius 2 is 1.55 bits per heavy atom. The van der Waals surface area contributed by atoms with Crippen molar-refractivity contribution in [1.82, 2.24) is 0 Å². The molecule has 42 heavy (non-hydrogen) atoms. The number of benzene rings is 3. The van der Waals surface area contributed by atoms with Crippen LogP contribution in [0.5, 0.6) is 28.7 Å². The zero-order valence-corrected chi connectivity index (χ0v) is 21.9. The molecule has 2 aliphatic rings. The molecular weight excluding hydrogens is 552 g/mol. The van der Waals surface area contributed by atoms with E-state index >= 15 is 0 Å². The molecule has 0 aliphatic carbocycles. The summed E-state index contributed by atoms with van der Waals surface area (Å²) in [5.41, 5.74) is 1.33. The quantitative estimate of drug-likeness (QED) is 0.176. The lowest BCUT2D eigenvalue weighted by Crippen LogP contribution is -2.60. The Hall–Kier alpha value is -4.62. The van der Waals surface area contributed by atoms with Gasteiger partial charge in [0.2, 0.25) is 12.0 Å². The molecule has 0 radical (unpaired) electrons. The molecule has 1 fully saturated rings. The van der Waals surface area contributed by atoms with E-state index in [0.29, 0.717) is 11.1 Å². The summed E-state index contributed by atoms with van der Waals surface area (Å²) in [7, 11) is 0. The standard InChI is InChI=1S/C30H28O12/c31-17-6-1-15(2-7-17)3-12-24(34)39-14-23-25(35)27(37)28(38)30(42-23)41-21-11-10-19-20(33)13-22(40-29(19)26(21)36)16-4-8-18(32)9-5-16/h1-12,22-23,25,27-28,30-32,35-38H,13-14H2/t22-,23-,25-,27-,28-,30+/m0/s1. The molecular formula is C30H28O12. The van der Waals surface area contributed by atoms with Gasteiger partial charge in [-0.05, 0) is 53.6 Å². The van der Waals surface area contributed by atoms with Crippen molar-refractivity contribution >= 4 is 17.8 Å².